The van der Waals surface area contributed by atoms with Crippen LogP contribution < -0.4 is 0 Å². The lowest BCUT2D eigenvalue weighted by molar-refractivity contribution is 0.0460. The topological polar surface area (TPSA) is 46.5 Å². The lowest BCUT2D eigenvalue weighted by atomic mass is 9.60. The van der Waals surface area contributed by atoms with Gasteiger partial charge < -0.3 is 9.84 Å². The van der Waals surface area contributed by atoms with Crippen LogP contribution >= 0.6 is 0 Å². The molecule has 0 aromatic carbocycles. The summed E-state index contributed by atoms with van der Waals surface area (Å²) in [6.45, 7) is 14.0. The fraction of sp³-hybridized carbons (Fsp3) is 0.750. The Morgan fingerprint density at radius 1 is 1.19 bits per heavy atom. The van der Waals surface area contributed by atoms with Crippen molar-refractivity contribution in [3.05, 3.63) is 35.5 Å². The summed E-state index contributed by atoms with van der Waals surface area (Å²) in [6.07, 6.45) is 16.1. The molecule has 3 heteroatoms. The lowest BCUT2D eigenvalue weighted by Gasteiger charge is -2.44. The van der Waals surface area contributed by atoms with E-state index in [0.29, 0.717) is 17.8 Å². The zero-order chi connectivity index (χ0) is 22.6. The third kappa shape index (κ3) is 5.84. The molecule has 0 bridgehead atoms. The van der Waals surface area contributed by atoms with Gasteiger partial charge in [0.15, 0.2) is 0 Å². The zero-order valence-corrected chi connectivity index (χ0v) is 20.3. The molecule has 3 fully saturated rings. The molecule has 1 N–H and O–H groups in total. The van der Waals surface area contributed by atoms with Gasteiger partial charge in [-0.05, 0) is 79.6 Å². The van der Waals surface area contributed by atoms with Crippen molar-refractivity contribution < 1.29 is 14.6 Å². The van der Waals surface area contributed by atoms with E-state index in [1.807, 2.05) is 0 Å². The van der Waals surface area contributed by atoms with Crippen LogP contribution in [0.4, 0.5) is 4.79 Å². The molecule has 0 aromatic rings. The van der Waals surface area contributed by atoms with Gasteiger partial charge in [0.25, 0.3) is 0 Å². The molecule has 3 saturated carbocycles. The van der Waals surface area contributed by atoms with E-state index in [9.17, 15) is 4.79 Å². The van der Waals surface area contributed by atoms with Crippen LogP contribution in [0.25, 0.3) is 0 Å². The summed E-state index contributed by atoms with van der Waals surface area (Å²) in [5.41, 5.74) is 4.38. The summed E-state index contributed by atoms with van der Waals surface area (Å²) in [5.74, 6) is 3.18. The average molecular weight is 429 g/mol. The number of fused-ring (bicyclic) bond motifs is 1. The number of carbonyl (C=O) groups is 1. The standard InChI is InChI=1S/C28H44O3/c1-19(2)8-6-9-21(4)25-15-16-26-22(10-7-17-28(25,26)5)12-13-23-18-24(31-27(29)30)14-11-20(23)3/h12-13,19,21,24-26H,3,6-11,14-18H2,1-2,4-5H3,(H,29,30)/b22-12+,23-13-/t21-,24+,25-,26?,28-/m1/s1. The third-order valence-corrected chi connectivity index (χ3v) is 8.60. The Kier molecular flexibility index (Phi) is 8.10. The van der Waals surface area contributed by atoms with Crippen molar-refractivity contribution in [3.63, 3.8) is 0 Å². The molecule has 0 aliphatic heterocycles. The second-order valence-corrected chi connectivity index (χ2v) is 11.2. The quantitative estimate of drug-likeness (QED) is 0.415. The summed E-state index contributed by atoms with van der Waals surface area (Å²) < 4.78 is 5.05. The Morgan fingerprint density at radius 3 is 2.68 bits per heavy atom. The third-order valence-electron chi connectivity index (χ3n) is 8.60. The van der Waals surface area contributed by atoms with E-state index in [4.69, 9.17) is 9.84 Å². The first-order valence-corrected chi connectivity index (χ1v) is 12.7. The first-order chi connectivity index (χ1) is 14.7. The molecule has 31 heavy (non-hydrogen) atoms. The molecule has 3 aliphatic carbocycles. The van der Waals surface area contributed by atoms with E-state index in [-0.39, 0.29) is 6.10 Å². The van der Waals surface area contributed by atoms with Crippen LogP contribution in [0.3, 0.4) is 0 Å². The maximum atomic E-state index is 10.9. The fourth-order valence-corrected chi connectivity index (χ4v) is 6.89. The summed E-state index contributed by atoms with van der Waals surface area (Å²) in [7, 11) is 0. The molecule has 0 radical (unpaired) electrons. The zero-order valence-electron chi connectivity index (χ0n) is 20.3. The highest BCUT2D eigenvalue weighted by atomic mass is 16.7. The van der Waals surface area contributed by atoms with Gasteiger partial charge in [-0.15, -0.1) is 0 Å². The van der Waals surface area contributed by atoms with Crippen LogP contribution in [-0.2, 0) is 4.74 Å². The normalized spacial score (nSPS) is 34.9. The predicted octanol–water partition coefficient (Wildman–Crippen LogP) is 8.32. The Balaban J connectivity index is 1.69. The van der Waals surface area contributed by atoms with Gasteiger partial charge in [0, 0.05) is 6.42 Å². The first-order valence-electron chi connectivity index (χ1n) is 12.7. The number of ether oxygens (including phenoxy) is 1. The number of rotatable bonds is 7. The molecule has 3 nitrogen and oxygen atoms in total. The van der Waals surface area contributed by atoms with Gasteiger partial charge in [0.1, 0.15) is 6.10 Å². The van der Waals surface area contributed by atoms with E-state index >= 15 is 0 Å². The van der Waals surface area contributed by atoms with Gasteiger partial charge in [0.2, 0.25) is 0 Å². The predicted molar refractivity (Wildman–Crippen MR) is 128 cm³/mol. The van der Waals surface area contributed by atoms with Crippen molar-refractivity contribution in [3.8, 4) is 0 Å². The van der Waals surface area contributed by atoms with Gasteiger partial charge in [0.05, 0.1) is 0 Å². The lowest BCUT2D eigenvalue weighted by Crippen LogP contribution is -2.36. The molecule has 0 saturated heterocycles. The van der Waals surface area contributed by atoms with Gasteiger partial charge in [-0.3, -0.25) is 0 Å². The Morgan fingerprint density at radius 2 is 1.97 bits per heavy atom. The second kappa shape index (κ2) is 10.4. The van der Waals surface area contributed by atoms with Crippen LogP contribution in [0, 0.1) is 29.1 Å². The smallest absolute Gasteiger partial charge is 0.450 e. The molecular formula is C28H44O3. The highest BCUT2D eigenvalue weighted by molar-refractivity contribution is 5.57. The summed E-state index contributed by atoms with van der Waals surface area (Å²) >= 11 is 0. The van der Waals surface area contributed by atoms with Crippen LogP contribution in [-0.4, -0.2) is 17.4 Å². The molecule has 0 aromatic heterocycles. The van der Waals surface area contributed by atoms with E-state index in [2.05, 4.69) is 46.4 Å². The van der Waals surface area contributed by atoms with Crippen LogP contribution in [0.1, 0.15) is 98.3 Å². The van der Waals surface area contributed by atoms with Crippen LogP contribution in [0.15, 0.2) is 35.5 Å². The maximum absolute atomic E-state index is 10.9. The Bertz CT molecular complexity index is 716. The molecule has 0 amide bonds. The highest BCUT2D eigenvalue weighted by Gasteiger charge is 2.50. The molecule has 174 valence electrons. The highest BCUT2D eigenvalue weighted by Crippen LogP contribution is 2.60. The monoisotopic (exact) mass is 428 g/mol. The molecule has 1 unspecified atom stereocenters. The number of hydrogen-bond donors (Lipinski definition) is 1. The number of carboxylic acid groups (broad SMARTS) is 1. The summed E-state index contributed by atoms with van der Waals surface area (Å²) in [6, 6.07) is 0. The van der Waals surface area contributed by atoms with Crippen molar-refractivity contribution in [2.24, 2.45) is 29.1 Å². The molecule has 3 rings (SSSR count). The Labute approximate surface area is 190 Å². The molecule has 0 heterocycles. The van der Waals surface area contributed by atoms with Crippen molar-refractivity contribution in [2.45, 2.75) is 104 Å². The number of hydrogen-bond acceptors (Lipinski definition) is 2. The molecule has 0 spiro atoms. The van der Waals surface area contributed by atoms with E-state index < -0.39 is 6.16 Å². The summed E-state index contributed by atoms with van der Waals surface area (Å²) in [5, 5.41) is 8.96. The maximum Gasteiger partial charge on any atom is 0.506 e. The van der Waals surface area contributed by atoms with Gasteiger partial charge in [-0.2, -0.15) is 0 Å². The van der Waals surface area contributed by atoms with Gasteiger partial charge in [-0.25, -0.2) is 4.79 Å². The van der Waals surface area contributed by atoms with Crippen molar-refractivity contribution in [2.75, 3.05) is 0 Å². The number of allylic oxidation sites excluding steroid dienone is 4. The van der Waals surface area contributed by atoms with E-state index in [1.165, 1.54) is 56.9 Å². The largest absolute Gasteiger partial charge is 0.506 e. The summed E-state index contributed by atoms with van der Waals surface area (Å²) in [4.78, 5) is 10.9. The first kappa shape index (κ1) is 24.1. The fourth-order valence-electron chi connectivity index (χ4n) is 6.89. The van der Waals surface area contributed by atoms with Crippen molar-refractivity contribution in [1.82, 2.24) is 0 Å². The van der Waals surface area contributed by atoms with Crippen molar-refractivity contribution >= 4 is 6.16 Å². The second-order valence-electron chi connectivity index (χ2n) is 11.2. The van der Waals surface area contributed by atoms with Crippen LogP contribution in [0.2, 0.25) is 0 Å². The van der Waals surface area contributed by atoms with Gasteiger partial charge >= 0.3 is 6.16 Å². The van der Waals surface area contributed by atoms with Crippen LogP contribution in [0.5, 0.6) is 0 Å². The van der Waals surface area contributed by atoms with E-state index in [0.717, 1.165) is 36.2 Å². The SMILES string of the molecule is C=C1CC[C@H](OC(=O)O)C/C1=C/C=C1\CCC[C@@]2(C)C1CC[C@@H]2[C@H](C)CCCC(C)C. The van der Waals surface area contributed by atoms with E-state index in [1.54, 1.807) is 5.57 Å². The van der Waals surface area contributed by atoms with Gasteiger partial charge in [-0.1, -0.05) is 76.8 Å². The minimum Gasteiger partial charge on any atom is -0.450 e. The average Bonchev–Trinajstić information content (AvgIpc) is 3.05. The molecule has 5 atom stereocenters. The minimum absolute atomic E-state index is 0.230. The molecule has 3 aliphatic rings. The minimum atomic E-state index is -1.17. The van der Waals surface area contributed by atoms with Crippen molar-refractivity contribution in [1.29, 1.82) is 0 Å². The molecular weight excluding hydrogens is 384 g/mol. The Hall–Kier alpha value is -1.51.